The van der Waals surface area contributed by atoms with Gasteiger partial charge in [0.05, 0.1) is 6.61 Å². The maximum absolute atomic E-state index is 11.8. The third-order valence-electron chi connectivity index (χ3n) is 2.68. The second-order valence-corrected chi connectivity index (χ2v) is 4.19. The summed E-state index contributed by atoms with van der Waals surface area (Å²) in [6.45, 7) is 3.17. The number of ether oxygens (including phenoxy) is 2. The first kappa shape index (κ1) is 15.8. The molecule has 0 heterocycles. The van der Waals surface area contributed by atoms with Crippen LogP contribution in [-0.2, 0) is 4.74 Å². The Morgan fingerprint density at radius 2 is 1.95 bits per heavy atom. The zero-order chi connectivity index (χ0) is 14.5. The van der Waals surface area contributed by atoms with Gasteiger partial charge in [-0.15, -0.1) is 13.2 Å². The minimum Gasteiger partial charge on any atom is -0.491 e. The predicted molar refractivity (Wildman–Crippen MR) is 66.2 cm³/mol. The standard InChI is InChI=1S/C13H18F3NO2/c1-9-4-5-11(10(2)17-3)12(8-9)18-6-7-19-13(14,15)16/h4-5,8,10,17H,6-7H2,1-3H3. The van der Waals surface area contributed by atoms with Crippen LogP contribution in [0.25, 0.3) is 0 Å². The van der Waals surface area contributed by atoms with Crippen LogP contribution in [0.1, 0.15) is 24.1 Å². The molecule has 1 aromatic carbocycles. The van der Waals surface area contributed by atoms with Gasteiger partial charge in [-0.1, -0.05) is 12.1 Å². The summed E-state index contributed by atoms with van der Waals surface area (Å²) >= 11 is 0. The molecule has 1 rings (SSSR count). The van der Waals surface area contributed by atoms with Crippen LogP contribution >= 0.6 is 0 Å². The summed E-state index contributed by atoms with van der Waals surface area (Å²) in [6.07, 6.45) is -4.61. The Labute approximate surface area is 110 Å². The van der Waals surface area contributed by atoms with E-state index in [4.69, 9.17) is 4.74 Å². The van der Waals surface area contributed by atoms with E-state index in [0.29, 0.717) is 5.75 Å². The highest BCUT2D eigenvalue weighted by molar-refractivity contribution is 5.39. The van der Waals surface area contributed by atoms with Crippen LogP contribution < -0.4 is 10.1 Å². The zero-order valence-corrected chi connectivity index (χ0v) is 11.2. The number of halogens is 3. The van der Waals surface area contributed by atoms with Crippen molar-refractivity contribution in [1.29, 1.82) is 0 Å². The Bertz CT molecular complexity index is 407. The quantitative estimate of drug-likeness (QED) is 0.810. The van der Waals surface area contributed by atoms with E-state index < -0.39 is 13.0 Å². The molecular formula is C13H18F3NO2. The summed E-state index contributed by atoms with van der Waals surface area (Å²) in [7, 11) is 1.81. The van der Waals surface area contributed by atoms with Crippen LogP contribution in [0, 0.1) is 6.92 Å². The molecule has 0 spiro atoms. The first-order chi connectivity index (χ1) is 8.83. The molecule has 0 aliphatic heterocycles. The molecule has 0 saturated heterocycles. The highest BCUT2D eigenvalue weighted by Crippen LogP contribution is 2.26. The Hall–Kier alpha value is -1.27. The van der Waals surface area contributed by atoms with Gasteiger partial charge in [0.25, 0.3) is 0 Å². The fraction of sp³-hybridized carbons (Fsp3) is 0.538. The normalized spacial score (nSPS) is 13.4. The van der Waals surface area contributed by atoms with E-state index in [1.54, 1.807) is 13.1 Å². The smallest absolute Gasteiger partial charge is 0.491 e. The van der Waals surface area contributed by atoms with Crippen molar-refractivity contribution in [3.63, 3.8) is 0 Å². The Morgan fingerprint density at radius 3 is 2.53 bits per heavy atom. The molecular weight excluding hydrogens is 259 g/mol. The first-order valence-corrected chi connectivity index (χ1v) is 5.95. The van der Waals surface area contributed by atoms with Crippen LogP contribution in [-0.4, -0.2) is 26.6 Å². The lowest BCUT2D eigenvalue weighted by Crippen LogP contribution is -2.19. The van der Waals surface area contributed by atoms with Gasteiger partial charge < -0.3 is 10.1 Å². The predicted octanol–water partition coefficient (Wildman–Crippen LogP) is 3.19. The van der Waals surface area contributed by atoms with Gasteiger partial charge in [-0.05, 0) is 32.5 Å². The van der Waals surface area contributed by atoms with Crippen LogP contribution in [0.5, 0.6) is 5.75 Å². The molecule has 0 bridgehead atoms. The summed E-state index contributed by atoms with van der Waals surface area (Å²) in [5.74, 6) is 0.577. The zero-order valence-electron chi connectivity index (χ0n) is 11.2. The maximum atomic E-state index is 11.8. The number of hydrogen-bond donors (Lipinski definition) is 1. The van der Waals surface area contributed by atoms with Crippen LogP contribution in [0.2, 0.25) is 0 Å². The lowest BCUT2D eigenvalue weighted by atomic mass is 10.1. The molecule has 0 aliphatic rings. The molecule has 1 atom stereocenters. The SMILES string of the molecule is CNC(C)c1ccc(C)cc1OCCOC(F)(F)F. The van der Waals surface area contributed by atoms with E-state index in [2.05, 4.69) is 10.1 Å². The highest BCUT2D eigenvalue weighted by atomic mass is 19.4. The summed E-state index contributed by atoms with van der Waals surface area (Å²) in [4.78, 5) is 0. The topological polar surface area (TPSA) is 30.5 Å². The van der Waals surface area contributed by atoms with Gasteiger partial charge in [-0.2, -0.15) is 0 Å². The summed E-state index contributed by atoms with van der Waals surface area (Å²) < 4.78 is 44.5. The number of alkyl halides is 3. The molecule has 1 unspecified atom stereocenters. The Balaban J connectivity index is 2.63. The number of nitrogens with one attached hydrogen (secondary N) is 1. The molecule has 1 N–H and O–H groups in total. The van der Waals surface area contributed by atoms with Gasteiger partial charge in [0.1, 0.15) is 12.4 Å². The van der Waals surface area contributed by atoms with Crippen molar-refractivity contribution in [3.05, 3.63) is 29.3 Å². The van der Waals surface area contributed by atoms with Gasteiger partial charge in [0.15, 0.2) is 0 Å². The van der Waals surface area contributed by atoms with E-state index in [0.717, 1.165) is 11.1 Å². The number of rotatable bonds is 6. The minimum absolute atomic E-state index is 0.0548. The molecule has 6 heteroatoms. The molecule has 0 aromatic heterocycles. The van der Waals surface area contributed by atoms with Crippen LogP contribution in [0.15, 0.2) is 18.2 Å². The third kappa shape index (κ3) is 5.48. The fourth-order valence-corrected chi connectivity index (χ4v) is 1.59. The second-order valence-electron chi connectivity index (χ2n) is 4.19. The number of aryl methyl sites for hydroxylation is 1. The second kappa shape index (κ2) is 6.77. The largest absolute Gasteiger partial charge is 0.522 e. The van der Waals surface area contributed by atoms with E-state index in [1.165, 1.54) is 0 Å². The fourth-order valence-electron chi connectivity index (χ4n) is 1.59. The monoisotopic (exact) mass is 277 g/mol. The summed E-state index contributed by atoms with van der Waals surface area (Å²) in [6, 6.07) is 5.69. The summed E-state index contributed by atoms with van der Waals surface area (Å²) in [5.41, 5.74) is 1.89. The molecule has 3 nitrogen and oxygen atoms in total. The van der Waals surface area contributed by atoms with Crippen LogP contribution in [0.4, 0.5) is 13.2 Å². The Morgan fingerprint density at radius 1 is 1.26 bits per heavy atom. The lowest BCUT2D eigenvalue weighted by molar-refractivity contribution is -0.325. The van der Waals surface area contributed by atoms with E-state index >= 15 is 0 Å². The average molecular weight is 277 g/mol. The maximum Gasteiger partial charge on any atom is 0.522 e. The van der Waals surface area contributed by atoms with Crippen molar-refractivity contribution in [1.82, 2.24) is 5.32 Å². The number of hydrogen-bond acceptors (Lipinski definition) is 3. The van der Waals surface area contributed by atoms with Gasteiger partial charge in [0, 0.05) is 11.6 Å². The molecule has 108 valence electrons. The first-order valence-electron chi connectivity index (χ1n) is 5.95. The van der Waals surface area contributed by atoms with Gasteiger partial charge in [-0.3, -0.25) is 4.74 Å². The molecule has 0 aliphatic carbocycles. The minimum atomic E-state index is -4.61. The van der Waals surface area contributed by atoms with Crippen molar-refractivity contribution in [3.8, 4) is 5.75 Å². The van der Waals surface area contributed by atoms with Gasteiger partial charge in [-0.25, -0.2) is 0 Å². The van der Waals surface area contributed by atoms with Gasteiger partial charge >= 0.3 is 6.36 Å². The van der Waals surface area contributed by atoms with E-state index in [-0.39, 0.29) is 12.6 Å². The van der Waals surface area contributed by atoms with Crippen molar-refractivity contribution in [2.75, 3.05) is 20.3 Å². The average Bonchev–Trinajstić information content (AvgIpc) is 2.33. The van der Waals surface area contributed by atoms with Crippen molar-refractivity contribution >= 4 is 0 Å². The molecule has 1 aromatic rings. The highest BCUT2D eigenvalue weighted by Gasteiger charge is 2.28. The number of benzene rings is 1. The third-order valence-corrected chi connectivity index (χ3v) is 2.68. The Kier molecular flexibility index (Phi) is 5.62. The molecule has 19 heavy (non-hydrogen) atoms. The van der Waals surface area contributed by atoms with E-state index in [9.17, 15) is 13.2 Å². The molecule has 0 fully saturated rings. The molecule has 0 saturated carbocycles. The van der Waals surface area contributed by atoms with Gasteiger partial charge in [0.2, 0.25) is 0 Å². The van der Waals surface area contributed by atoms with Crippen molar-refractivity contribution < 1.29 is 22.6 Å². The lowest BCUT2D eigenvalue weighted by Gasteiger charge is -2.17. The van der Waals surface area contributed by atoms with Crippen molar-refractivity contribution in [2.24, 2.45) is 0 Å². The summed E-state index contributed by atoms with van der Waals surface area (Å²) in [5, 5.41) is 3.06. The van der Waals surface area contributed by atoms with E-state index in [1.807, 2.05) is 26.0 Å². The molecule has 0 amide bonds. The van der Waals surface area contributed by atoms with Crippen LogP contribution in [0.3, 0.4) is 0 Å². The molecule has 0 radical (unpaired) electrons. The van der Waals surface area contributed by atoms with Crippen molar-refractivity contribution in [2.45, 2.75) is 26.3 Å².